The highest BCUT2D eigenvalue weighted by molar-refractivity contribution is 7.09. The van der Waals surface area contributed by atoms with Crippen molar-refractivity contribution >= 4 is 11.3 Å². The maximum atomic E-state index is 5.34. The third-order valence-corrected chi connectivity index (χ3v) is 3.74. The molecule has 84 valence electrons. The Bertz CT molecular complexity index is 307. The average Bonchev–Trinajstić information content (AvgIpc) is 2.86. The quantitative estimate of drug-likeness (QED) is 0.854. The second kappa shape index (κ2) is 5.05. The topological polar surface area (TPSA) is 34.2 Å². The maximum Gasteiger partial charge on any atom is 0.0926 e. The smallest absolute Gasteiger partial charge is 0.0926 e. The number of ether oxygens (including phenoxy) is 1. The van der Waals surface area contributed by atoms with Crippen LogP contribution in [-0.2, 0) is 11.2 Å². The van der Waals surface area contributed by atoms with E-state index in [9.17, 15) is 0 Å². The van der Waals surface area contributed by atoms with E-state index < -0.39 is 0 Å². The van der Waals surface area contributed by atoms with Gasteiger partial charge in [0.2, 0.25) is 0 Å². The van der Waals surface area contributed by atoms with Gasteiger partial charge in [-0.05, 0) is 19.8 Å². The van der Waals surface area contributed by atoms with Crippen LogP contribution in [0.4, 0.5) is 0 Å². The molecule has 1 aromatic heterocycles. The van der Waals surface area contributed by atoms with Crippen LogP contribution >= 0.6 is 11.3 Å². The van der Waals surface area contributed by atoms with Crippen LogP contribution in [0.5, 0.6) is 0 Å². The molecular weight excluding hydrogens is 208 g/mol. The van der Waals surface area contributed by atoms with Gasteiger partial charge >= 0.3 is 0 Å². The number of hydrogen-bond donors (Lipinski definition) is 1. The number of rotatable bonds is 4. The van der Waals surface area contributed by atoms with Gasteiger partial charge in [0.25, 0.3) is 0 Å². The summed E-state index contributed by atoms with van der Waals surface area (Å²) in [5.74, 6) is 0. The number of nitrogens with one attached hydrogen (secondary N) is 1. The highest BCUT2D eigenvalue weighted by Gasteiger charge is 2.19. The van der Waals surface area contributed by atoms with Crippen LogP contribution in [0.15, 0.2) is 5.38 Å². The van der Waals surface area contributed by atoms with Crippen molar-refractivity contribution in [2.45, 2.75) is 38.8 Å². The van der Waals surface area contributed by atoms with Crippen LogP contribution in [-0.4, -0.2) is 24.2 Å². The first-order chi connectivity index (χ1) is 7.29. The van der Waals surface area contributed by atoms with Crippen molar-refractivity contribution < 1.29 is 4.74 Å². The molecule has 0 bridgehead atoms. The lowest BCUT2D eigenvalue weighted by Crippen LogP contribution is -2.31. The van der Waals surface area contributed by atoms with Crippen molar-refractivity contribution in [2.75, 3.05) is 13.2 Å². The van der Waals surface area contributed by atoms with Gasteiger partial charge < -0.3 is 10.1 Å². The molecular formula is C11H18N2OS. The predicted molar refractivity (Wildman–Crippen MR) is 62.3 cm³/mol. The fourth-order valence-electron chi connectivity index (χ4n) is 1.79. The zero-order chi connectivity index (χ0) is 10.7. The summed E-state index contributed by atoms with van der Waals surface area (Å²) in [7, 11) is 0. The number of aryl methyl sites for hydroxylation is 1. The third kappa shape index (κ3) is 2.77. The first kappa shape index (κ1) is 11.0. The lowest BCUT2D eigenvalue weighted by atomic mass is 10.2. The van der Waals surface area contributed by atoms with E-state index in [2.05, 4.69) is 29.5 Å². The standard InChI is InChI=1S/C11H18N2OS/c1-3-11-13-10(7-15-11)8(2)12-9-4-5-14-6-9/h7-9,12H,3-6H2,1-2H3. The molecule has 1 saturated heterocycles. The lowest BCUT2D eigenvalue weighted by molar-refractivity contribution is 0.188. The molecule has 1 N–H and O–H groups in total. The molecule has 3 nitrogen and oxygen atoms in total. The van der Waals surface area contributed by atoms with E-state index in [1.807, 2.05) is 0 Å². The van der Waals surface area contributed by atoms with E-state index >= 15 is 0 Å². The minimum atomic E-state index is 0.341. The van der Waals surface area contributed by atoms with E-state index in [-0.39, 0.29) is 0 Å². The summed E-state index contributed by atoms with van der Waals surface area (Å²) in [6, 6.07) is 0.847. The molecule has 0 saturated carbocycles. The number of thiazole rings is 1. The molecule has 2 unspecified atom stereocenters. The highest BCUT2D eigenvalue weighted by Crippen LogP contribution is 2.18. The Morgan fingerprint density at radius 3 is 3.20 bits per heavy atom. The van der Waals surface area contributed by atoms with Gasteiger partial charge in [-0.25, -0.2) is 4.98 Å². The largest absolute Gasteiger partial charge is 0.380 e. The second-order valence-corrected chi connectivity index (χ2v) is 4.91. The van der Waals surface area contributed by atoms with Gasteiger partial charge in [0.15, 0.2) is 0 Å². The van der Waals surface area contributed by atoms with E-state index in [1.54, 1.807) is 11.3 Å². The summed E-state index contributed by atoms with van der Waals surface area (Å²) in [6.45, 7) is 6.05. The zero-order valence-electron chi connectivity index (χ0n) is 9.32. The van der Waals surface area contributed by atoms with E-state index in [0.717, 1.165) is 26.1 Å². The van der Waals surface area contributed by atoms with Crippen molar-refractivity contribution in [2.24, 2.45) is 0 Å². The van der Waals surface area contributed by atoms with Gasteiger partial charge in [-0.2, -0.15) is 0 Å². The molecule has 1 aromatic rings. The SMILES string of the molecule is CCc1nc(C(C)NC2CCOC2)cs1. The second-order valence-electron chi connectivity index (χ2n) is 3.97. The highest BCUT2D eigenvalue weighted by atomic mass is 32.1. The number of nitrogens with zero attached hydrogens (tertiary/aromatic N) is 1. The molecule has 2 atom stereocenters. The molecule has 0 aliphatic carbocycles. The number of hydrogen-bond acceptors (Lipinski definition) is 4. The molecule has 2 heterocycles. The van der Waals surface area contributed by atoms with Crippen molar-refractivity contribution in [3.05, 3.63) is 16.1 Å². The van der Waals surface area contributed by atoms with E-state index in [1.165, 1.54) is 10.7 Å². The Kier molecular flexibility index (Phi) is 3.72. The predicted octanol–water partition coefficient (Wildman–Crippen LogP) is 2.15. The number of aromatic nitrogens is 1. The molecule has 0 spiro atoms. The summed E-state index contributed by atoms with van der Waals surface area (Å²) in [4.78, 5) is 4.59. The van der Waals surface area contributed by atoms with Gasteiger partial charge in [0.05, 0.1) is 17.3 Å². The van der Waals surface area contributed by atoms with Crippen molar-refractivity contribution in [1.29, 1.82) is 0 Å². The molecule has 4 heteroatoms. The first-order valence-corrected chi connectivity index (χ1v) is 6.45. The normalized spacial score (nSPS) is 23.2. The third-order valence-electron chi connectivity index (χ3n) is 2.73. The van der Waals surface area contributed by atoms with Crippen LogP contribution in [0.2, 0.25) is 0 Å². The van der Waals surface area contributed by atoms with Crippen LogP contribution in [0.1, 0.15) is 37.0 Å². The average molecular weight is 226 g/mol. The van der Waals surface area contributed by atoms with Crippen LogP contribution < -0.4 is 5.32 Å². The molecule has 1 aliphatic heterocycles. The summed E-state index contributed by atoms with van der Waals surface area (Å²) in [6.07, 6.45) is 2.15. The fourth-order valence-corrected chi connectivity index (χ4v) is 2.63. The minimum Gasteiger partial charge on any atom is -0.380 e. The molecule has 2 rings (SSSR count). The Hall–Kier alpha value is -0.450. The Labute approximate surface area is 94.9 Å². The Morgan fingerprint density at radius 1 is 1.73 bits per heavy atom. The molecule has 0 radical (unpaired) electrons. The summed E-state index contributed by atoms with van der Waals surface area (Å²) < 4.78 is 5.34. The first-order valence-electron chi connectivity index (χ1n) is 5.57. The van der Waals surface area contributed by atoms with E-state index in [4.69, 9.17) is 4.74 Å². The van der Waals surface area contributed by atoms with Crippen LogP contribution in [0.25, 0.3) is 0 Å². The van der Waals surface area contributed by atoms with Gasteiger partial charge in [0, 0.05) is 24.1 Å². The van der Waals surface area contributed by atoms with Crippen molar-refractivity contribution in [3.8, 4) is 0 Å². The molecule has 0 amide bonds. The minimum absolute atomic E-state index is 0.341. The monoisotopic (exact) mass is 226 g/mol. The maximum absolute atomic E-state index is 5.34. The summed E-state index contributed by atoms with van der Waals surface area (Å²) >= 11 is 1.75. The lowest BCUT2D eigenvalue weighted by Gasteiger charge is -2.16. The molecule has 1 fully saturated rings. The van der Waals surface area contributed by atoms with Crippen LogP contribution in [0, 0.1) is 0 Å². The van der Waals surface area contributed by atoms with Gasteiger partial charge in [-0.3, -0.25) is 0 Å². The van der Waals surface area contributed by atoms with Crippen molar-refractivity contribution in [3.63, 3.8) is 0 Å². The van der Waals surface area contributed by atoms with E-state index in [0.29, 0.717) is 12.1 Å². The van der Waals surface area contributed by atoms with Crippen LogP contribution in [0.3, 0.4) is 0 Å². The zero-order valence-corrected chi connectivity index (χ0v) is 10.1. The van der Waals surface area contributed by atoms with Gasteiger partial charge in [0.1, 0.15) is 0 Å². The summed E-state index contributed by atoms with van der Waals surface area (Å²) in [5.41, 5.74) is 1.17. The Balaban J connectivity index is 1.91. The van der Waals surface area contributed by atoms with Gasteiger partial charge in [-0.1, -0.05) is 6.92 Å². The molecule has 0 aromatic carbocycles. The fraction of sp³-hybridized carbons (Fsp3) is 0.727. The van der Waals surface area contributed by atoms with Gasteiger partial charge in [-0.15, -0.1) is 11.3 Å². The molecule has 1 aliphatic rings. The molecule has 15 heavy (non-hydrogen) atoms. The summed E-state index contributed by atoms with van der Waals surface area (Å²) in [5, 5.41) is 6.93. The Morgan fingerprint density at radius 2 is 2.60 bits per heavy atom. The van der Waals surface area contributed by atoms with Crippen molar-refractivity contribution in [1.82, 2.24) is 10.3 Å².